The molecule has 0 bridgehead atoms. The highest BCUT2D eigenvalue weighted by atomic mass is 32.1. The second-order valence-corrected chi connectivity index (χ2v) is 4.56. The number of thiocarbonyl (C=S) groups is 1. The SMILES string of the molecule is O=C(NNC(=S)NCCc1ccccc1)c1ccc[nH]1. The molecular weight excluding hydrogens is 272 g/mol. The van der Waals surface area contributed by atoms with Gasteiger partial charge in [-0.05, 0) is 36.3 Å². The number of carbonyl (C=O) groups excluding carboxylic acids is 1. The zero-order valence-corrected chi connectivity index (χ0v) is 11.7. The highest BCUT2D eigenvalue weighted by Gasteiger charge is 2.05. The molecule has 20 heavy (non-hydrogen) atoms. The Morgan fingerprint density at radius 1 is 1.10 bits per heavy atom. The Morgan fingerprint density at radius 3 is 2.60 bits per heavy atom. The lowest BCUT2D eigenvalue weighted by Gasteiger charge is -2.11. The first-order chi connectivity index (χ1) is 9.75. The zero-order valence-electron chi connectivity index (χ0n) is 10.8. The van der Waals surface area contributed by atoms with Gasteiger partial charge in [0.05, 0.1) is 0 Å². The molecule has 1 aromatic heterocycles. The van der Waals surface area contributed by atoms with Crippen molar-refractivity contribution in [3.8, 4) is 0 Å². The fourth-order valence-electron chi connectivity index (χ4n) is 1.66. The third kappa shape index (κ3) is 4.40. The summed E-state index contributed by atoms with van der Waals surface area (Å²) in [5, 5.41) is 3.42. The average Bonchev–Trinajstić information content (AvgIpc) is 3.00. The molecule has 2 rings (SSSR count). The summed E-state index contributed by atoms with van der Waals surface area (Å²) in [4.78, 5) is 14.4. The van der Waals surface area contributed by atoms with Gasteiger partial charge in [0.1, 0.15) is 5.69 Å². The lowest BCUT2D eigenvalue weighted by Crippen LogP contribution is -2.47. The molecule has 0 saturated heterocycles. The molecule has 1 heterocycles. The van der Waals surface area contributed by atoms with Gasteiger partial charge in [-0.2, -0.15) is 0 Å². The van der Waals surface area contributed by atoms with Crippen molar-refractivity contribution in [1.82, 2.24) is 21.2 Å². The van der Waals surface area contributed by atoms with E-state index in [0.29, 0.717) is 17.4 Å². The highest BCUT2D eigenvalue weighted by molar-refractivity contribution is 7.80. The van der Waals surface area contributed by atoms with Crippen molar-refractivity contribution in [2.24, 2.45) is 0 Å². The van der Waals surface area contributed by atoms with E-state index in [1.807, 2.05) is 18.2 Å². The molecule has 6 heteroatoms. The van der Waals surface area contributed by atoms with E-state index in [4.69, 9.17) is 12.2 Å². The standard InChI is InChI=1S/C14H16N4OS/c19-13(12-7-4-9-15-12)17-18-14(20)16-10-8-11-5-2-1-3-6-11/h1-7,9,15H,8,10H2,(H,17,19)(H2,16,18,20). The molecule has 0 spiro atoms. The maximum absolute atomic E-state index is 11.6. The number of aromatic amines is 1. The predicted molar refractivity (Wildman–Crippen MR) is 82.1 cm³/mol. The quantitative estimate of drug-likeness (QED) is 0.507. The van der Waals surface area contributed by atoms with E-state index in [1.54, 1.807) is 18.3 Å². The molecule has 0 aliphatic heterocycles. The van der Waals surface area contributed by atoms with Gasteiger partial charge in [0.15, 0.2) is 5.11 Å². The van der Waals surface area contributed by atoms with E-state index >= 15 is 0 Å². The third-order valence-corrected chi connectivity index (χ3v) is 2.92. The topological polar surface area (TPSA) is 69.0 Å². The van der Waals surface area contributed by atoms with Crippen LogP contribution in [0.4, 0.5) is 0 Å². The molecule has 5 nitrogen and oxygen atoms in total. The van der Waals surface area contributed by atoms with Crippen LogP contribution < -0.4 is 16.2 Å². The number of hydrazine groups is 1. The van der Waals surface area contributed by atoms with Crippen molar-refractivity contribution in [3.63, 3.8) is 0 Å². The molecule has 0 fully saturated rings. The Morgan fingerprint density at radius 2 is 1.90 bits per heavy atom. The number of H-pyrrole nitrogens is 1. The van der Waals surface area contributed by atoms with Gasteiger partial charge in [0.25, 0.3) is 5.91 Å². The van der Waals surface area contributed by atoms with E-state index < -0.39 is 0 Å². The molecule has 104 valence electrons. The van der Waals surface area contributed by atoms with Crippen molar-refractivity contribution in [2.45, 2.75) is 6.42 Å². The number of hydrogen-bond donors (Lipinski definition) is 4. The molecule has 1 aromatic carbocycles. The van der Waals surface area contributed by atoms with Crippen molar-refractivity contribution < 1.29 is 4.79 Å². The Labute approximate surface area is 122 Å². The van der Waals surface area contributed by atoms with Gasteiger partial charge in [-0.1, -0.05) is 30.3 Å². The Balaban J connectivity index is 1.65. The molecule has 0 atom stereocenters. The van der Waals surface area contributed by atoms with Crippen LogP contribution in [0.5, 0.6) is 0 Å². The maximum atomic E-state index is 11.6. The average molecular weight is 288 g/mol. The number of benzene rings is 1. The second-order valence-electron chi connectivity index (χ2n) is 4.15. The predicted octanol–water partition coefficient (Wildman–Crippen LogP) is 1.37. The van der Waals surface area contributed by atoms with E-state index in [2.05, 4.69) is 33.3 Å². The van der Waals surface area contributed by atoms with E-state index in [-0.39, 0.29) is 5.91 Å². The minimum absolute atomic E-state index is 0.262. The number of nitrogens with one attached hydrogen (secondary N) is 4. The summed E-state index contributed by atoms with van der Waals surface area (Å²) in [6.45, 7) is 0.703. The molecule has 0 unspecified atom stereocenters. The first-order valence-corrected chi connectivity index (χ1v) is 6.68. The van der Waals surface area contributed by atoms with Crippen LogP contribution in [0, 0.1) is 0 Å². The monoisotopic (exact) mass is 288 g/mol. The van der Waals surface area contributed by atoms with Gasteiger partial charge in [-0.15, -0.1) is 0 Å². The normalized spacial score (nSPS) is 9.80. The third-order valence-electron chi connectivity index (χ3n) is 2.67. The Kier molecular flexibility index (Phi) is 5.14. The summed E-state index contributed by atoms with van der Waals surface area (Å²) >= 11 is 5.07. The first-order valence-electron chi connectivity index (χ1n) is 6.27. The van der Waals surface area contributed by atoms with Gasteiger partial charge >= 0.3 is 0 Å². The largest absolute Gasteiger partial charge is 0.361 e. The van der Waals surface area contributed by atoms with Crippen molar-refractivity contribution in [1.29, 1.82) is 0 Å². The van der Waals surface area contributed by atoms with E-state index in [0.717, 1.165) is 6.42 Å². The summed E-state index contributed by atoms with van der Waals surface area (Å²) in [6, 6.07) is 13.6. The first kappa shape index (κ1) is 14.1. The van der Waals surface area contributed by atoms with Crippen LogP contribution in [0.1, 0.15) is 16.1 Å². The molecule has 0 radical (unpaired) electrons. The summed E-state index contributed by atoms with van der Waals surface area (Å²) in [7, 11) is 0. The van der Waals surface area contributed by atoms with Gasteiger partial charge in [-0.3, -0.25) is 15.6 Å². The van der Waals surface area contributed by atoms with Gasteiger partial charge in [0.2, 0.25) is 0 Å². The summed E-state index contributed by atoms with van der Waals surface area (Å²) in [6.07, 6.45) is 2.55. The molecular formula is C14H16N4OS. The van der Waals surface area contributed by atoms with Gasteiger partial charge in [-0.25, -0.2) is 0 Å². The fourth-order valence-corrected chi connectivity index (χ4v) is 1.81. The molecule has 0 aliphatic rings. The lowest BCUT2D eigenvalue weighted by atomic mass is 10.1. The molecule has 0 saturated carbocycles. The van der Waals surface area contributed by atoms with Gasteiger partial charge in [0, 0.05) is 12.7 Å². The van der Waals surface area contributed by atoms with Crippen LogP contribution in [-0.4, -0.2) is 22.5 Å². The van der Waals surface area contributed by atoms with Crippen LogP contribution >= 0.6 is 12.2 Å². The van der Waals surface area contributed by atoms with Crippen LogP contribution in [0.25, 0.3) is 0 Å². The van der Waals surface area contributed by atoms with E-state index in [9.17, 15) is 4.79 Å². The minimum Gasteiger partial charge on any atom is -0.361 e. The summed E-state index contributed by atoms with van der Waals surface area (Å²) in [5.74, 6) is -0.262. The van der Waals surface area contributed by atoms with Crippen molar-refractivity contribution in [3.05, 3.63) is 59.9 Å². The molecule has 4 N–H and O–H groups in total. The van der Waals surface area contributed by atoms with Crippen LogP contribution in [0.2, 0.25) is 0 Å². The van der Waals surface area contributed by atoms with Crippen LogP contribution in [0.15, 0.2) is 48.7 Å². The van der Waals surface area contributed by atoms with E-state index in [1.165, 1.54) is 5.56 Å². The zero-order chi connectivity index (χ0) is 14.2. The number of amides is 1. The molecule has 2 aromatic rings. The van der Waals surface area contributed by atoms with Crippen LogP contribution in [0.3, 0.4) is 0 Å². The number of aromatic nitrogens is 1. The van der Waals surface area contributed by atoms with Crippen molar-refractivity contribution >= 4 is 23.2 Å². The summed E-state index contributed by atoms with van der Waals surface area (Å²) in [5.41, 5.74) is 6.88. The lowest BCUT2D eigenvalue weighted by molar-refractivity contribution is 0.0939. The molecule has 0 aliphatic carbocycles. The number of rotatable bonds is 4. The molecule has 1 amide bonds. The van der Waals surface area contributed by atoms with Gasteiger partial charge < -0.3 is 10.3 Å². The van der Waals surface area contributed by atoms with Crippen molar-refractivity contribution in [2.75, 3.05) is 6.54 Å². The number of hydrogen-bond acceptors (Lipinski definition) is 2. The Hall–Kier alpha value is -2.34. The highest BCUT2D eigenvalue weighted by Crippen LogP contribution is 1.98. The summed E-state index contributed by atoms with van der Waals surface area (Å²) < 4.78 is 0. The fraction of sp³-hybridized carbons (Fsp3) is 0.143. The Bertz CT molecular complexity index is 554. The second kappa shape index (κ2) is 7.30. The smallest absolute Gasteiger partial charge is 0.286 e. The minimum atomic E-state index is -0.262. The van der Waals surface area contributed by atoms with Crippen LogP contribution in [-0.2, 0) is 6.42 Å². The number of carbonyl (C=O) groups is 1. The maximum Gasteiger partial charge on any atom is 0.286 e.